The summed E-state index contributed by atoms with van der Waals surface area (Å²) < 4.78 is 26.5. The summed E-state index contributed by atoms with van der Waals surface area (Å²) in [5, 5.41) is 0. The van der Waals surface area contributed by atoms with Gasteiger partial charge in [0.25, 0.3) is 0 Å². The smallest absolute Gasteiger partial charge is 0.140 e. The quantitative estimate of drug-likeness (QED) is 0.915. The molecular weight excluding hydrogens is 264 g/mol. The van der Waals surface area contributed by atoms with Crippen LogP contribution in [0.25, 0.3) is 0 Å². The predicted molar refractivity (Wildman–Crippen MR) is 74.3 cm³/mol. The third kappa shape index (κ3) is 3.78. The number of hydrogen-bond acceptors (Lipinski definition) is 2. The minimum atomic E-state index is -0.564. The molecule has 0 amide bonds. The zero-order chi connectivity index (χ0) is 13.8. The topological polar surface area (TPSA) is 26.0 Å². The standard InChI is InChI=1S/C15H15F2NS/c1-10(18)8-11-4-2-3-5-14(11)19-15-7-6-12(16)9-13(15)17/h2-7,9-10H,8,18H2,1H3. The van der Waals surface area contributed by atoms with Crippen molar-refractivity contribution in [1.29, 1.82) is 0 Å². The van der Waals surface area contributed by atoms with E-state index in [0.717, 1.165) is 22.9 Å². The van der Waals surface area contributed by atoms with Crippen LogP contribution in [-0.4, -0.2) is 6.04 Å². The molecule has 2 aromatic carbocycles. The number of halogens is 2. The molecule has 4 heteroatoms. The van der Waals surface area contributed by atoms with Gasteiger partial charge in [-0.1, -0.05) is 30.0 Å². The maximum Gasteiger partial charge on any atom is 0.140 e. The maximum absolute atomic E-state index is 13.6. The molecule has 0 aliphatic rings. The van der Waals surface area contributed by atoms with E-state index in [1.807, 2.05) is 31.2 Å². The Morgan fingerprint density at radius 3 is 2.53 bits per heavy atom. The van der Waals surface area contributed by atoms with Gasteiger partial charge in [0.2, 0.25) is 0 Å². The summed E-state index contributed by atoms with van der Waals surface area (Å²) in [6.45, 7) is 1.93. The Labute approximate surface area is 115 Å². The highest BCUT2D eigenvalue weighted by atomic mass is 32.2. The van der Waals surface area contributed by atoms with Gasteiger partial charge in [0.05, 0.1) is 0 Å². The molecule has 0 saturated carbocycles. The average Bonchev–Trinajstić information content (AvgIpc) is 2.34. The lowest BCUT2D eigenvalue weighted by Crippen LogP contribution is -2.18. The van der Waals surface area contributed by atoms with Crippen molar-refractivity contribution < 1.29 is 8.78 Å². The molecule has 1 nitrogen and oxygen atoms in total. The Kier molecular flexibility index (Phi) is 4.56. The molecule has 0 spiro atoms. The van der Waals surface area contributed by atoms with Gasteiger partial charge in [0.1, 0.15) is 11.6 Å². The van der Waals surface area contributed by atoms with Crippen molar-refractivity contribution in [3.63, 3.8) is 0 Å². The van der Waals surface area contributed by atoms with Gasteiger partial charge >= 0.3 is 0 Å². The molecule has 100 valence electrons. The van der Waals surface area contributed by atoms with Gasteiger partial charge in [-0.2, -0.15) is 0 Å². The van der Waals surface area contributed by atoms with Crippen molar-refractivity contribution in [2.75, 3.05) is 0 Å². The van der Waals surface area contributed by atoms with E-state index in [9.17, 15) is 8.78 Å². The van der Waals surface area contributed by atoms with Crippen molar-refractivity contribution in [3.8, 4) is 0 Å². The highest BCUT2D eigenvalue weighted by molar-refractivity contribution is 7.99. The Morgan fingerprint density at radius 1 is 1.11 bits per heavy atom. The lowest BCUT2D eigenvalue weighted by atomic mass is 10.1. The Bertz CT molecular complexity index is 570. The number of rotatable bonds is 4. The second kappa shape index (κ2) is 6.17. The van der Waals surface area contributed by atoms with Crippen LogP contribution < -0.4 is 5.73 Å². The van der Waals surface area contributed by atoms with E-state index >= 15 is 0 Å². The molecule has 2 N–H and O–H groups in total. The molecule has 1 unspecified atom stereocenters. The second-order valence-corrected chi connectivity index (χ2v) is 5.55. The van der Waals surface area contributed by atoms with Crippen LogP contribution in [0.3, 0.4) is 0 Å². The molecule has 0 aromatic heterocycles. The van der Waals surface area contributed by atoms with Crippen LogP contribution in [0.15, 0.2) is 52.3 Å². The molecule has 0 aliphatic heterocycles. The molecule has 1 atom stereocenters. The van der Waals surface area contributed by atoms with Crippen molar-refractivity contribution >= 4 is 11.8 Å². The minimum absolute atomic E-state index is 0.0415. The summed E-state index contributed by atoms with van der Waals surface area (Å²) in [6, 6.07) is 11.4. The first-order valence-electron chi connectivity index (χ1n) is 6.02. The monoisotopic (exact) mass is 279 g/mol. The van der Waals surface area contributed by atoms with Crippen LogP contribution in [0.5, 0.6) is 0 Å². The predicted octanol–water partition coefficient (Wildman–Crippen LogP) is 4.01. The van der Waals surface area contributed by atoms with Crippen LogP contribution >= 0.6 is 11.8 Å². The second-order valence-electron chi connectivity index (χ2n) is 4.47. The zero-order valence-corrected chi connectivity index (χ0v) is 11.4. The van der Waals surface area contributed by atoms with E-state index in [-0.39, 0.29) is 6.04 Å². The van der Waals surface area contributed by atoms with Gasteiger partial charge in [-0.15, -0.1) is 0 Å². The normalized spacial score (nSPS) is 12.4. The zero-order valence-electron chi connectivity index (χ0n) is 10.6. The summed E-state index contributed by atoms with van der Waals surface area (Å²) >= 11 is 1.29. The Hall–Kier alpha value is -1.39. The summed E-state index contributed by atoms with van der Waals surface area (Å²) in [7, 11) is 0. The van der Waals surface area contributed by atoms with Gasteiger partial charge in [0, 0.05) is 21.9 Å². The Balaban J connectivity index is 2.27. The first-order valence-corrected chi connectivity index (χ1v) is 6.84. The highest BCUT2D eigenvalue weighted by Crippen LogP contribution is 2.32. The summed E-state index contributed by atoms with van der Waals surface area (Å²) in [5.74, 6) is -1.11. The fourth-order valence-electron chi connectivity index (χ4n) is 1.80. The van der Waals surface area contributed by atoms with E-state index in [0.29, 0.717) is 4.90 Å². The molecule has 19 heavy (non-hydrogen) atoms. The average molecular weight is 279 g/mol. The van der Waals surface area contributed by atoms with E-state index < -0.39 is 11.6 Å². The van der Waals surface area contributed by atoms with Gasteiger partial charge in [0.15, 0.2) is 0 Å². The Morgan fingerprint density at radius 2 is 1.84 bits per heavy atom. The van der Waals surface area contributed by atoms with Crippen LogP contribution in [0.1, 0.15) is 12.5 Å². The third-order valence-corrected chi connectivity index (χ3v) is 3.80. The highest BCUT2D eigenvalue weighted by Gasteiger charge is 2.09. The molecule has 2 aromatic rings. The molecule has 0 heterocycles. The summed E-state index contributed by atoms with van der Waals surface area (Å²) in [4.78, 5) is 1.36. The molecule has 0 aliphatic carbocycles. The van der Waals surface area contributed by atoms with Crippen LogP contribution in [0.2, 0.25) is 0 Å². The van der Waals surface area contributed by atoms with Crippen LogP contribution in [0.4, 0.5) is 8.78 Å². The lowest BCUT2D eigenvalue weighted by molar-refractivity contribution is 0.565. The number of benzene rings is 2. The van der Waals surface area contributed by atoms with E-state index in [2.05, 4.69) is 0 Å². The molecule has 2 rings (SSSR count). The first kappa shape index (κ1) is 14.0. The van der Waals surface area contributed by atoms with Gasteiger partial charge in [-0.3, -0.25) is 0 Å². The van der Waals surface area contributed by atoms with Crippen molar-refractivity contribution in [1.82, 2.24) is 0 Å². The van der Waals surface area contributed by atoms with E-state index in [4.69, 9.17) is 5.73 Å². The van der Waals surface area contributed by atoms with Crippen LogP contribution in [-0.2, 0) is 6.42 Å². The van der Waals surface area contributed by atoms with Gasteiger partial charge in [-0.25, -0.2) is 8.78 Å². The van der Waals surface area contributed by atoms with Crippen molar-refractivity contribution in [2.45, 2.75) is 29.2 Å². The van der Waals surface area contributed by atoms with Crippen LogP contribution in [0, 0.1) is 11.6 Å². The molecule has 0 saturated heterocycles. The van der Waals surface area contributed by atoms with Gasteiger partial charge < -0.3 is 5.73 Å². The summed E-state index contributed by atoms with van der Waals surface area (Å²) in [5.41, 5.74) is 6.88. The molecule has 0 fully saturated rings. The lowest BCUT2D eigenvalue weighted by Gasteiger charge is -2.11. The van der Waals surface area contributed by atoms with Gasteiger partial charge in [-0.05, 0) is 37.1 Å². The SMILES string of the molecule is CC(N)Cc1ccccc1Sc1ccc(F)cc1F. The molecule has 0 radical (unpaired) electrons. The van der Waals surface area contributed by atoms with E-state index in [1.165, 1.54) is 23.9 Å². The third-order valence-electron chi connectivity index (χ3n) is 2.63. The molecular formula is C15H15F2NS. The maximum atomic E-state index is 13.6. The number of hydrogen-bond donors (Lipinski definition) is 1. The van der Waals surface area contributed by atoms with Crippen molar-refractivity contribution in [3.05, 3.63) is 59.7 Å². The van der Waals surface area contributed by atoms with Crippen molar-refractivity contribution in [2.24, 2.45) is 5.73 Å². The largest absolute Gasteiger partial charge is 0.328 e. The fourth-order valence-corrected chi connectivity index (χ4v) is 2.75. The minimum Gasteiger partial charge on any atom is -0.328 e. The summed E-state index contributed by atoms with van der Waals surface area (Å²) in [6.07, 6.45) is 0.728. The van der Waals surface area contributed by atoms with E-state index in [1.54, 1.807) is 0 Å². The first-order chi connectivity index (χ1) is 9.06. The molecule has 0 bridgehead atoms. The fraction of sp³-hybridized carbons (Fsp3) is 0.200. The number of nitrogens with two attached hydrogens (primary N) is 1.